The van der Waals surface area contributed by atoms with Crippen LogP contribution in [0.3, 0.4) is 0 Å². The van der Waals surface area contributed by atoms with E-state index < -0.39 is 11.9 Å². The van der Waals surface area contributed by atoms with E-state index >= 15 is 0 Å². The predicted molar refractivity (Wildman–Crippen MR) is 75.2 cm³/mol. The second-order valence-corrected chi connectivity index (χ2v) is 4.65. The van der Waals surface area contributed by atoms with Crippen molar-refractivity contribution >= 4 is 0 Å². The van der Waals surface area contributed by atoms with Gasteiger partial charge < -0.3 is 5.11 Å². The predicted octanol–water partition coefficient (Wildman–Crippen LogP) is 2.52. The van der Waals surface area contributed by atoms with E-state index in [1.54, 1.807) is 6.92 Å². The molecule has 1 atom stereocenters. The Bertz CT molecular complexity index is 755. The van der Waals surface area contributed by atoms with Gasteiger partial charge in [0.2, 0.25) is 5.82 Å². The number of aliphatic hydroxyl groups excluding tert-OH is 1. The zero-order valence-corrected chi connectivity index (χ0v) is 11.3. The van der Waals surface area contributed by atoms with E-state index in [1.165, 1.54) is 23.0 Å². The molecule has 0 saturated heterocycles. The van der Waals surface area contributed by atoms with Crippen molar-refractivity contribution in [3.63, 3.8) is 0 Å². The van der Waals surface area contributed by atoms with Crippen LogP contribution in [0.1, 0.15) is 18.6 Å². The first-order valence-corrected chi connectivity index (χ1v) is 6.48. The molecular formula is C15H13FN4O. The average Bonchev–Trinajstić information content (AvgIpc) is 2.97. The number of hydrogen-bond acceptors (Lipinski definition) is 4. The van der Waals surface area contributed by atoms with Crippen LogP contribution < -0.4 is 0 Å². The summed E-state index contributed by atoms with van der Waals surface area (Å²) in [6.45, 7) is 1.56. The number of rotatable bonds is 3. The van der Waals surface area contributed by atoms with E-state index in [9.17, 15) is 9.50 Å². The Morgan fingerprint density at radius 1 is 1.14 bits per heavy atom. The van der Waals surface area contributed by atoms with E-state index in [4.69, 9.17) is 0 Å². The smallest absolute Gasteiger partial charge is 0.205 e. The first-order chi connectivity index (χ1) is 10.1. The van der Waals surface area contributed by atoms with Crippen molar-refractivity contribution < 1.29 is 9.50 Å². The third kappa shape index (κ3) is 2.66. The zero-order valence-electron chi connectivity index (χ0n) is 11.3. The minimum absolute atomic E-state index is 0.409. The Hall–Kier alpha value is -2.60. The van der Waals surface area contributed by atoms with Crippen molar-refractivity contribution in [3.05, 3.63) is 59.9 Å². The molecule has 0 unspecified atom stereocenters. The lowest BCUT2D eigenvalue weighted by atomic mass is 10.1. The Labute approximate surface area is 120 Å². The lowest BCUT2D eigenvalue weighted by Crippen LogP contribution is -2.06. The second kappa shape index (κ2) is 5.41. The first kappa shape index (κ1) is 13.4. The molecule has 0 saturated carbocycles. The van der Waals surface area contributed by atoms with Gasteiger partial charge in [-0.25, -0.2) is 4.39 Å². The molecule has 0 aliphatic heterocycles. The summed E-state index contributed by atoms with van der Waals surface area (Å²) in [5, 5.41) is 22.0. The summed E-state index contributed by atoms with van der Waals surface area (Å²) in [5.41, 5.74) is 1.75. The third-order valence-corrected chi connectivity index (χ3v) is 3.10. The molecule has 1 heterocycles. The van der Waals surface area contributed by atoms with Crippen LogP contribution in [0.25, 0.3) is 17.1 Å². The van der Waals surface area contributed by atoms with Gasteiger partial charge in [-0.2, -0.15) is 0 Å². The van der Waals surface area contributed by atoms with Crippen LogP contribution in [0.5, 0.6) is 0 Å². The van der Waals surface area contributed by atoms with Gasteiger partial charge in [-0.05, 0) is 30.3 Å². The molecule has 21 heavy (non-hydrogen) atoms. The SMILES string of the molecule is C[C@@H](O)c1cc(F)ccc1-n1nnc(-c2ccccc2)n1. The van der Waals surface area contributed by atoms with Crippen molar-refractivity contribution in [1.82, 2.24) is 20.2 Å². The average molecular weight is 284 g/mol. The molecule has 0 bridgehead atoms. The van der Waals surface area contributed by atoms with Crippen LogP contribution in [-0.4, -0.2) is 25.3 Å². The fraction of sp³-hybridized carbons (Fsp3) is 0.133. The maximum atomic E-state index is 13.3. The Kier molecular flexibility index (Phi) is 3.45. The molecule has 3 rings (SSSR count). The summed E-state index contributed by atoms with van der Waals surface area (Å²) in [6.07, 6.45) is -0.832. The van der Waals surface area contributed by atoms with Crippen molar-refractivity contribution in [2.75, 3.05) is 0 Å². The fourth-order valence-corrected chi connectivity index (χ4v) is 2.06. The van der Waals surface area contributed by atoms with Crippen LogP contribution in [0, 0.1) is 5.82 Å². The van der Waals surface area contributed by atoms with Gasteiger partial charge in [-0.1, -0.05) is 30.3 Å². The van der Waals surface area contributed by atoms with Gasteiger partial charge in [0.05, 0.1) is 11.8 Å². The number of aliphatic hydroxyl groups is 1. The topological polar surface area (TPSA) is 63.8 Å². The van der Waals surface area contributed by atoms with Crippen LogP contribution in [0.15, 0.2) is 48.5 Å². The largest absolute Gasteiger partial charge is 0.389 e. The van der Waals surface area contributed by atoms with E-state index in [-0.39, 0.29) is 0 Å². The highest BCUT2D eigenvalue weighted by molar-refractivity contribution is 5.53. The molecule has 1 aromatic heterocycles. The number of halogens is 1. The van der Waals surface area contributed by atoms with Gasteiger partial charge >= 0.3 is 0 Å². The summed E-state index contributed by atoms with van der Waals surface area (Å²) >= 11 is 0. The highest BCUT2D eigenvalue weighted by atomic mass is 19.1. The monoisotopic (exact) mass is 284 g/mol. The molecule has 0 aliphatic carbocycles. The van der Waals surface area contributed by atoms with Crippen molar-refractivity contribution in [1.29, 1.82) is 0 Å². The molecule has 0 aliphatic rings. The van der Waals surface area contributed by atoms with E-state index in [1.807, 2.05) is 30.3 Å². The van der Waals surface area contributed by atoms with Gasteiger partial charge in [-0.15, -0.1) is 15.0 Å². The highest BCUT2D eigenvalue weighted by Gasteiger charge is 2.14. The van der Waals surface area contributed by atoms with E-state index in [0.29, 0.717) is 17.1 Å². The molecule has 0 fully saturated rings. The zero-order chi connectivity index (χ0) is 14.8. The maximum absolute atomic E-state index is 13.3. The van der Waals surface area contributed by atoms with Crippen molar-refractivity contribution in [2.45, 2.75) is 13.0 Å². The quantitative estimate of drug-likeness (QED) is 0.802. The molecular weight excluding hydrogens is 271 g/mol. The summed E-state index contributed by atoms with van der Waals surface area (Å²) in [6, 6.07) is 13.5. The summed E-state index contributed by atoms with van der Waals surface area (Å²) in [4.78, 5) is 1.30. The lowest BCUT2D eigenvalue weighted by Gasteiger charge is -2.10. The van der Waals surface area contributed by atoms with Gasteiger partial charge in [0.25, 0.3) is 0 Å². The van der Waals surface area contributed by atoms with Crippen LogP contribution >= 0.6 is 0 Å². The normalized spacial score (nSPS) is 12.3. The molecule has 106 valence electrons. The summed E-state index contributed by atoms with van der Waals surface area (Å²) < 4.78 is 13.3. The minimum atomic E-state index is -0.832. The third-order valence-electron chi connectivity index (χ3n) is 3.10. The Morgan fingerprint density at radius 3 is 2.62 bits per heavy atom. The fourth-order valence-electron chi connectivity index (χ4n) is 2.06. The van der Waals surface area contributed by atoms with Crippen LogP contribution in [-0.2, 0) is 0 Å². The summed E-state index contributed by atoms with van der Waals surface area (Å²) in [5.74, 6) is 0.0505. The Morgan fingerprint density at radius 2 is 1.90 bits per heavy atom. The van der Waals surface area contributed by atoms with Gasteiger partial charge in [0.1, 0.15) is 5.82 Å². The molecule has 0 radical (unpaired) electrons. The standard InChI is InChI=1S/C15H13FN4O/c1-10(21)13-9-12(16)7-8-14(13)20-18-15(17-19-20)11-5-3-2-4-6-11/h2-10,21H,1H3/t10-/m1/s1. The minimum Gasteiger partial charge on any atom is -0.389 e. The molecule has 0 amide bonds. The van der Waals surface area contributed by atoms with Gasteiger partial charge in [0.15, 0.2) is 0 Å². The number of hydrogen-bond donors (Lipinski definition) is 1. The molecule has 2 aromatic carbocycles. The maximum Gasteiger partial charge on any atom is 0.205 e. The van der Waals surface area contributed by atoms with Crippen molar-refractivity contribution in [3.8, 4) is 17.1 Å². The molecule has 6 heteroatoms. The highest BCUT2D eigenvalue weighted by Crippen LogP contribution is 2.22. The van der Waals surface area contributed by atoms with Crippen molar-refractivity contribution in [2.24, 2.45) is 0 Å². The molecule has 0 spiro atoms. The summed E-state index contributed by atoms with van der Waals surface area (Å²) in [7, 11) is 0. The van der Waals surface area contributed by atoms with Crippen LogP contribution in [0.4, 0.5) is 4.39 Å². The number of tetrazole rings is 1. The van der Waals surface area contributed by atoms with E-state index in [2.05, 4.69) is 15.4 Å². The Balaban J connectivity index is 2.05. The lowest BCUT2D eigenvalue weighted by molar-refractivity contribution is 0.198. The molecule has 5 nitrogen and oxygen atoms in total. The van der Waals surface area contributed by atoms with Gasteiger partial charge in [0, 0.05) is 11.1 Å². The molecule has 1 N–H and O–H groups in total. The first-order valence-electron chi connectivity index (χ1n) is 6.48. The van der Waals surface area contributed by atoms with E-state index in [0.717, 1.165) is 5.56 Å². The van der Waals surface area contributed by atoms with Crippen LogP contribution in [0.2, 0.25) is 0 Å². The number of nitrogens with zero attached hydrogens (tertiary/aromatic N) is 4. The second-order valence-electron chi connectivity index (χ2n) is 4.65. The molecule has 3 aromatic rings. The number of aromatic nitrogens is 4. The number of benzene rings is 2. The van der Waals surface area contributed by atoms with Gasteiger partial charge in [-0.3, -0.25) is 0 Å².